The molecule has 2 aromatic carbocycles. The molecule has 0 radical (unpaired) electrons. The summed E-state index contributed by atoms with van der Waals surface area (Å²) in [5, 5.41) is 14.5. The Kier molecular flexibility index (Phi) is 2.54. The lowest BCUT2D eigenvalue weighted by Crippen LogP contribution is -2.02. The number of ether oxygens (including phenoxy) is 1. The summed E-state index contributed by atoms with van der Waals surface area (Å²) in [5.41, 5.74) is 0. The highest BCUT2D eigenvalue weighted by Crippen LogP contribution is 2.14. The first-order valence-corrected chi connectivity index (χ1v) is 4.60. The number of hydrogen-bond acceptors (Lipinski definition) is 3. The number of methoxy groups -OCH3 is 1. The minimum absolute atomic E-state index is 0.425. The van der Waals surface area contributed by atoms with Gasteiger partial charge in [-0.3, -0.25) is 0 Å². The van der Waals surface area contributed by atoms with Crippen molar-refractivity contribution in [3.8, 4) is 5.75 Å². The third-order valence-corrected chi connectivity index (χ3v) is 2.28. The highest BCUT2D eigenvalue weighted by atomic mass is 16.5. The van der Waals surface area contributed by atoms with Gasteiger partial charge in [0.25, 0.3) is 0 Å². The quantitative estimate of drug-likeness (QED) is 0.567. The van der Waals surface area contributed by atoms with Gasteiger partial charge in [0.05, 0.1) is 7.11 Å². The molecule has 2 aromatic rings. The molecule has 3 heteroatoms. The molecule has 0 bridgehead atoms. The van der Waals surface area contributed by atoms with Gasteiger partial charge in [0.2, 0.25) is 0 Å². The van der Waals surface area contributed by atoms with Gasteiger partial charge in [0, 0.05) is 0 Å². The SMILES string of the molecule is COc1cc2ccccc2cc/c1=N\O. The van der Waals surface area contributed by atoms with E-state index < -0.39 is 0 Å². The van der Waals surface area contributed by atoms with Gasteiger partial charge in [0.15, 0.2) is 0 Å². The monoisotopic (exact) mass is 201 g/mol. The Balaban J connectivity index is 2.89. The van der Waals surface area contributed by atoms with Crippen molar-refractivity contribution in [2.75, 3.05) is 7.11 Å². The van der Waals surface area contributed by atoms with Crippen molar-refractivity contribution in [3.05, 3.63) is 47.8 Å². The maximum absolute atomic E-state index is 8.81. The Labute approximate surface area is 87.2 Å². The fourth-order valence-corrected chi connectivity index (χ4v) is 1.51. The maximum Gasteiger partial charge on any atom is 0.148 e. The summed E-state index contributed by atoms with van der Waals surface area (Å²) in [6, 6.07) is 13.4. The van der Waals surface area contributed by atoms with Gasteiger partial charge < -0.3 is 9.94 Å². The molecule has 0 aliphatic heterocycles. The summed E-state index contributed by atoms with van der Waals surface area (Å²) >= 11 is 0. The summed E-state index contributed by atoms with van der Waals surface area (Å²) in [4.78, 5) is 0. The second-order valence-corrected chi connectivity index (χ2v) is 3.16. The Morgan fingerprint density at radius 1 is 1.07 bits per heavy atom. The molecule has 15 heavy (non-hydrogen) atoms. The third kappa shape index (κ3) is 1.76. The molecule has 0 saturated heterocycles. The third-order valence-electron chi connectivity index (χ3n) is 2.28. The van der Waals surface area contributed by atoms with Crippen LogP contribution in [0.25, 0.3) is 10.8 Å². The van der Waals surface area contributed by atoms with Crippen LogP contribution in [-0.2, 0) is 0 Å². The molecule has 2 rings (SSSR count). The van der Waals surface area contributed by atoms with Crippen LogP contribution in [0, 0.1) is 0 Å². The number of nitrogens with zero attached hydrogens (tertiary/aromatic N) is 1. The summed E-state index contributed by atoms with van der Waals surface area (Å²) in [5.74, 6) is 0.554. The largest absolute Gasteiger partial charge is 0.494 e. The van der Waals surface area contributed by atoms with Crippen molar-refractivity contribution in [2.45, 2.75) is 0 Å². The van der Waals surface area contributed by atoms with E-state index >= 15 is 0 Å². The number of fused-ring (bicyclic) bond motifs is 1. The van der Waals surface area contributed by atoms with Crippen LogP contribution < -0.4 is 10.1 Å². The van der Waals surface area contributed by atoms with E-state index in [9.17, 15) is 0 Å². The predicted octanol–water partition coefficient (Wildman–Crippen LogP) is 2.14. The van der Waals surface area contributed by atoms with E-state index in [1.807, 2.05) is 36.4 Å². The molecule has 0 aliphatic carbocycles. The second-order valence-electron chi connectivity index (χ2n) is 3.16. The Hall–Kier alpha value is -2.03. The van der Waals surface area contributed by atoms with Gasteiger partial charge >= 0.3 is 0 Å². The average molecular weight is 201 g/mol. The zero-order chi connectivity index (χ0) is 10.7. The van der Waals surface area contributed by atoms with Gasteiger partial charge in [-0.25, -0.2) is 0 Å². The molecule has 0 saturated carbocycles. The van der Waals surface area contributed by atoms with Crippen LogP contribution in [0.4, 0.5) is 0 Å². The van der Waals surface area contributed by atoms with E-state index in [-0.39, 0.29) is 0 Å². The van der Waals surface area contributed by atoms with Crippen LogP contribution in [-0.4, -0.2) is 12.3 Å². The lowest BCUT2D eigenvalue weighted by atomic mass is 10.2. The molecular weight excluding hydrogens is 190 g/mol. The van der Waals surface area contributed by atoms with Gasteiger partial charge in [-0.1, -0.05) is 35.5 Å². The lowest BCUT2D eigenvalue weighted by molar-refractivity contribution is 0.295. The van der Waals surface area contributed by atoms with Crippen LogP contribution >= 0.6 is 0 Å². The molecule has 0 unspecified atom stereocenters. The lowest BCUT2D eigenvalue weighted by Gasteiger charge is -1.95. The molecule has 1 N–H and O–H groups in total. The van der Waals surface area contributed by atoms with Crippen molar-refractivity contribution >= 4 is 10.8 Å². The topological polar surface area (TPSA) is 41.8 Å². The number of benzene rings is 1. The molecule has 0 heterocycles. The minimum Gasteiger partial charge on any atom is -0.494 e. The van der Waals surface area contributed by atoms with E-state index in [0.717, 1.165) is 10.8 Å². The minimum atomic E-state index is 0.425. The van der Waals surface area contributed by atoms with E-state index in [1.165, 1.54) is 0 Å². The Bertz CT molecular complexity index is 549. The van der Waals surface area contributed by atoms with Gasteiger partial charge in [-0.2, -0.15) is 0 Å². The van der Waals surface area contributed by atoms with Crippen LogP contribution in [0.2, 0.25) is 0 Å². The first kappa shape index (κ1) is 9.52. The summed E-state index contributed by atoms with van der Waals surface area (Å²) < 4.78 is 5.15. The van der Waals surface area contributed by atoms with Crippen LogP contribution in [0.15, 0.2) is 47.6 Å². The normalized spacial score (nSPS) is 11.7. The molecule has 0 fully saturated rings. The van der Waals surface area contributed by atoms with Crippen LogP contribution in [0.5, 0.6) is 5.75 Å². The Morgan fingerprint density at radius 3 is 2.47 bits per heavy atom. The van der Waals surface area contributed by atoms with Gasteiger partial charge in [0.1, 0.15) is 11.1 Å². The average Bonchev–Trinajstić information content (AvgIpc) is 2.47. The van der Waals surface area contributed by atoms with Crippen molar-refractivity contribution in [1.82, 2.24) is 0 Å². The fourth-order valence-electron chi connectivity index (χ4n) is 1.51. The fraction of sp³-hybridized carbons (Fsp3) is 0.0833. The summed E-state index contributed by atoms with van der Waals surface area (Å²) in [7, 11) is 1.55. The van der Waals surface area contributed by atoms with E-state index in [1.54, 1.807) is 13.2 Å². The summed E-state index contributed by atoms with van der Waals surface area (Å²) in [6.45, 7) is 0. The highest BCUT2D eigenvalue weighted by molar-refractivity contribution is 5.82. The van der Waals surface area contributed by atoms with Crippen molar-refractivity contribution in [2.24, 2.45) is 5.16 Å². The molecule has 3 nitrogen and oxygen atoms in total. The first-order valence-electron chi connectivity index (χ1n) is 4.60. The highest BCUT2D eigenvalue weighted by Gasteiger charge is 1.97. The molecule has 0 aliphatic rings. The Morgan fingerprint density at radius 2 is 1.80 bits per heavy atom. The summed E-state index contributed by atoms with van der Waals surface area (Å²) in [6.07, 6.45) is 0. The zero-order valence-corrected chi connectivity index (χ0v) is 8.34. The smallest absolute Gasteiger partial charge is 0.148 e. The van der Waals surface area contributed by atoms with E-state index in [0.29, 0.717) is 11.1 Å². The van der Waals surface area contributed by atoms with Gasteiger partial charge in [-0.15, -0.1) is 0 Å². The zero-order valence-electron chi connectivity index (χ0n) is 8.34. The molecule has 0 spiro atoms. The van der Waals surface area contributed by atoms with Crippen molar-refractivity contribution in [3.63, 3.8) is 0 Å². The molecule has 76 valence electrons. The predicted molar refractivity (Wildman–Crippen MR) is 57.8 cm³/mol. The van der Waals surface area contributed by atoms with E-state index in [2.05, 4.69) is 5.16 Å². The second kappa shape index (κ2) is 4.00. The number of hydrogen-bond donors (Lipinski definition) is 1. The van der Waals surface area contributed by atoms with Crippen LogP contribution in [0.3, 0.4) is 0 Å². The standard InChI is InChI=1S/C12H11NO2/c1-15-12-8-10-5-3-2-4-9(10)6-7-11(12)13-14/h2-8,14H,1H3/b13-11+. The van der Waals surface area contributed by atoms with Crippen molar-refractivity contribution in [1.29, 1.82) is 0 Å². The maximum atomic E-state index is 8.81. The van der Waals surface area contributed by atoms with Gasteiger partial charge in [-0.05, 0) is 22.9 Å². The molecule has 0 atom stereocenters. The number of rotatable bonds is 1. The molecular formula is C12H11NO2. The van der Waals surface area contributed by atoms with Crippen molar-refractivity contribution < 1.29 is 9.94 Å². The van der Waals surface area contributed by atoms with E-state index in [4.69, 9.17) is 9.94 Å². The van der Waals surface area contributed by atoms with Crippen LogP contribution in [0.1, 0.15) is 0 Å². The molecule has 0 amide bonds. The molecule has 0 aromatic heterocycles. The first-order chi connectivity index (χ1) is 7.35.